The molecule has 0 fully saturated rings. The second kappa shape index (κ2) is 7.02. The van der Waals surface area contributed by atoms with Gasteiger partial charge in [-0.1, -0.05) is 33.6 Å². The van der Waals surface area contributed by atoms with E-state index in [1.54, 1.807) is 0 Å². The van der Waals surface area contributed by atoms with Crippen molar-refractivity contribution in [2.75, 3.05) is 39.1 Å². The van der Waals surface area contributed by atoms with Gasteiger partial charge in [-0.25, -0.2) is 0 Å². The Balaban J connectivity index is 2.64. The Bertz CT molecular complexity index is 350. The smallest absolute Gasteiger partial charge is 0.0404 e. The van der Waals surface area contributed by atoms with E-state index in [0.717, 1.165) is 18.4 Å². The normalized spacial score (nSPS) is 10.9. The van der Waals surface area contributed by atoms with Crippen LogP contribution in [0.25, 0.3) is 0 Å². The highest BCUT2D eigenvalue weighted by Crippen LogP contribution is 2.23. The van der Waals surface area contributed by atoms with Crippen LogP contribution >= 0.6 is 15.9 Å². The van der Waals surface area contributed by atoms with Gasteiger partial charge >= 0.3 is 0 Å². The van der Waals surface area contributed by atoms with Crippen molar-refractivity contribution in [1.82, 2.24) is 4.90 Å². The van der Waals surface area contributed by atoms with Gasteiger partial charge in [0.2, 0.25) is 0 Å². The molecule has 0 radical (unpaired) electrons. The van der Waals surface area contributed by atoms with Crippen LogP contribution < -0.4 is 4.90 Å². The van der Waals surface area contributed by atoms with E-state index < -0.39 is 0 Å². The molecule has 3 heteroatoms. The van der Waals surface area contributed by atoms with Crippen LogP contribution in [0, 0.1) is 6.92 Å². The van der Waals surface area contributed by atoms with Gasteiger partial charge in [-0.3, -0.25) is 0 Å². The predicted octanol–water partition coefficient (Wildman–Crippen LogP) is 3.28. The van der Waals surface area contributed by atoms with E-state index in [1.165, 1.54) is 23.2 Å². The van der Waals surface area contributed by atoms with Gasteiger partial charge in [-0.05, 0) is 45.6 Å². The minimum absolute atomic E-state index is 0.919. The molecular formula is C14H23BrN2. The highest BCUT2D eigenvalue weighted by atomic mass is 79.9. The minimum atomic E-state index is 0.919. The molecule has 0 bridgehead atoms. The molecule has 1 rings (SSSR count). The monoisotopic (exact) mass is 298 g/mol. The molecule has 0 amide bonds. The molecule has 0 aromatic heterocycles. The number of anilines is 1. The van der Waals surface area contributed by atoms with E-state index >= 15 is 0 Å². The van der Waals surface area contributed by atoms with E-state index in [1.807, 2.05) is 0 Å². The largest absolute Gasteiger partial charge is 0.374 e. The van der Waals surface area contributed by atoms with Crippen molar-refractivity contribution in [3.63, 3.8) is 0 Å². The number of benzene rings is 1. The van der Waals surface area contributed by atoms with Gasteiger partial charge in [0, 0.05) is 24.6 Å². The van der Waals surface area contributed by atoms with Crippen LogP contribution in [0.4, 0.5) is 5.69 Å². The van der Waals surface area contributed by atoms with Crippen molar-refractivity contribution in [3.8, 4) is 0 Å². The lowest BCUT2D eigenvalue weighted by Gasteiger charge is -2.23. The summed E-state index contributed by atoms with van der Waals surface area (Å²) in [6.45, 7) is 4.38. The zero-order chi connectivity index (χ0) is 12.8. The first-order chi connectivity index (χ1) is 8.04. The summed E-state index contributed by atoms with van der Waals surface area (Å²) >= 11 is 3.57. The number of alkyl halides is 1. The summed E-state index contributed by atoms with van der Waals surface area (Å²) in [6.07, 6.45) is 1.19. The molecule has 17 heavy (non-hydrogen) atoms. The maximum Gasteiger partial charge on any atom is 0.0404 e. The summed E-state index contributed by atoms with van der Waals surface area (Å²) in [4.78, 5) is 4.58. The maximum atomic E-state index is 3.57. The van der Waals surface area contributed by atoms with Crippen molar-refractivity contribution in [1.29, 1.82) is 0 Å². The van der Waals surface area contributed by atoms with Crippen LogP contribution in [0.2, 0.25) is 0 Å². The SMILES string of the molecule is Cc1ccc(N(C)CCCN(C)C)c(CBr)c1. The van der Waals surface area contributed by atoms with E-state index in [-0.39, 0.29) is 0 Å². The first kappa shape index (κ1) is 14.5. The van der Waals surface area contributed by atoms with E-state index in [0.29, 0.717) is 0 Å². The van der Waals surface area contributed by atoms with Gasteiger partial charge in [0.05, 0.1) is 0 Å². The second-order valence-corrected chi connectivity index (χ2v) is 5.40. The minimum Gasteiger partial charge on any atom is -0.374 e. The Kier molecular flexibility index (Phi) is 6.00. The van der Waals surface area contributed by atoms with Gasteiger partial charge in [0.15, 0.2) is 0 Å². The molecular weight excluding hydrogens is 276 g/mol. The average molecular weight is 299 g/mol. The third-order valence-electron chi connectivity index (χ3n) is 2.89. The van der Waals surface area contributed by atoms with Gasteiger partial charge in [-0.15, -0.1) is 0 Å². The Morgan fingerprint density at radius 2 is 1.82 bits per heavy atom. The summed E-state index contributed by atoms with van der Waals surface area (Å²) in [5, 5.41) is 0.919. The zero-order valence-electron chi connectivity index (χ0n) is 11.3. The van der Waals surface area contributed by atoms with Crippen molar-refractivity contribution in [3.05, 3.63) is 29.3 Å². The summed E-state index contributed by atoms with van der Waals surface area (Å²) in [6, 6.07) is 6.66. The fourth-order valence-corrected chi connectivity index (χ4v) is 2.39. The van der Waals surface area contributed by atoms with Gasteiger partial charge in [0.1, 0.15) is 0 Å². The molecule has 0 heterocycles. The number of rotatable bonds is 6. The van der Waals surface area contributed by atoms with Crippen LogP contribution in [0.1, 0.15) is 17.5 Å². The zero-order valence-corrected chi connectivity index (χ0v) is 12.9. The van der Waals surface area contributed by atoms with Gasteiger partial charge in [-0.2, -0.15) is 0 Å². The predicted molar refractivity (Wildman–Crippen MR) is 80.3 cm³/mol. The first-order valence-electron chi connectivity index (χ1n) is 6.06. The Hall–Kier alpha value is -0.540. The molecule has 1 aromatic carbocycles. The first-order valence-corrected chi connectivity index (χ1v) is 7.18. The molecule has 0 atom stereocenters. The van der Waals surface area contributed by atoms with Crippen LogP contribution in [-0.2, 0) is 5.33 Å². The summed E-state index contributed by atoms with van der Waals surface area (Å²) < 4.78 is 0. The molecule has 0 aliphatic rings. The molecule has 0 saturated heterocycles. The Morgan fingerprint density at radius 3 is 2.41 bits per heavy atom. The van der Waals surface area contributed by atoms with Crippen LogP contribution in [0.15, 0.2) is 18.2 Å². The number of hydrogen-bond donors (Lipinski definition) is 0. The molecule has 0 aliphatic carbocycles. The average Bonchev–Trinajstić information content (AvgIpc) is 2.28. The molecule has 96 valence electrons. The van der Waals surface area contributed by atoms with Crippen LogP contribution in [0.3, 0.4) is 0 Å². The van der Waals surface area contributed by atoms with Crippen molar-refractivity contribution < 1.29 is 0 Å². The fourth-order valence-electron chi connectivity index (χ4n) is 1.94. The van der Waals surface area contributed by atoms with Crippen LogP contribution in [0.5, 0.6) is 0 Å². The van der Waals surface area contributed by atoms with Gasteiger partial charge < -0.3 is 9.80 Å². The standard InChI is InChI=1S/C14H23BrN2/c1-12-6-7-14(13(10-12)11-15)17(4)9-5-8-16(2)3/h6-7,10H,5,8-9,11H2,1-4H3. The highest BCUT2D eigenvalue weighted by molar-refractivity contribution is 9.08. The molecule has 1 aromatic rings. The third kappa shape index (κ3) is 4.68. The molecule has 0 N–H and O–H groups in total. The Morgan fingerprint density at radius 1 is 1.12 bits per heavy atom. The van der Waals surface area contributed by atoms with E-state index in [4.69, 9.17) is 0 Å². The summed E-state index contributed by atoms with van der Waals surface area (Å²) in [5.74, 6) is 0. The van der Waals surface area contributed by atoms with E-state index in [9.17, 15) is 0 Å². The lowest BCUT2D eigenvalue weighted by atomic mass is 10.1. The lowest BCUT2D eigenvalue weighted by molar-refractivity contribution is 0.401. The number of nitrogens with zero attached hydrogens (tertiary/aromatic N) is 2. The van der Waals surface area contributed by atoms with E-state index in [2.05, 4.69) is 72.0 Å². The highest BCUT2D eigenvalue weighted by Gasteiger charge is 2.06. The van der Waals surface area contributed by atoms with Crippen molar-refractivity contribution >= 4 is 21.6 Å². The molecule has 0 saturated carbocycles. The molecule has 0 spiro atoms. The quantitative estimate of drug-likeness (QED) is 0.744. The van der Waals surface area contributed by atoms with Crippen LogP contribution in [-0.4, -0.2) is 39.1 Å². The topological polar surface area (TPSA) is 6.48 Å². The number of aryl methyl sites for hydroxylation is 1. The Labute approximate surface area is 114 Å². The van der Waals surface area contributed by atoms with Crippen molar-refractivity contribution in [2.24, 2.45) is 0 Å². The number of halogens is 1. The fraction of sp³-hybridized carbons (Fsp3) is 0.571. The second-order valence-electron chi connectivity index (χ2n) is 4.84. The van der Waals surface area contributed by atoms with Gasteiger partial charge in [0.25, 0.3) is 0 Å². The molecule has 0 unspecified atom stereocenters. The van der Waals surface area contributed by atoms with Crippen molar-refractivity contribution in [2.45, 2.75) is 18.7 Å². The summed E-state index contributed by atoms with van der Waals surface area (Å²) in [5.41, 5.74) is 4.04. The third-order valence-corrected chi connectivity index (χ3v) is 3.49. The summed E-state index contributed by atoms with van der Waals surface area (Å²) in [7, 11) is 6.41. The molecule has 0 aliphatic heterocycles. The maximum absolute atomic E-state index is 3.57. The number of hydrogen-bond acceptors (Lipinski definition) is 2. The molecule has 2 nitrogen and oxygen atoms in total. The lowest BCUT2D eigenvalue weighted by Crippen LogP contribution is -2.24.